The van der Waals surface area contributed by atoms with Gasteiger partial charge in [-0.3, -0.25) is 9.59 Å². The Morgan fingerprint density at radius 3 is 2.56 bits per heavy atom. The minimum absolute atomic E-state index is 0.166. The van der Waals surface area contributed by atoms with Crippen LogP contribution in [-0.4, -0.2) is 36.7 Å². The summed E-state index contributed by atoms with van der Waals surface area (Å²) < 4.78 is 5.60. The quantitative estimate of drug-likeness (QED) is 0.464. The molecule has 36 heavy (non-hydrogen) atoms. The highest BCUT2D eigenvalue weighted by atomic mass is 16.5. The van der Waals surface area contributed by atoms with E-state index >= 15 is 0 Å². The third kappa shape index (κ3) is 6.24. The molecule has 2 N–H and O–H groups in total. The zero-order valence-electron chi connectivity index (χ0n) is 22.2. The first-order valence-corrected chi connectivity index (χ1v) is 12.7. The number of carbonyl (C=O) groups excluding carboxylic acids is 1. The number of aryl methyl sites for hydroxylation is 2. The summed E-state index contributed by atoms with van der Waals surface area (Å²) in [7, 11) is 0. The fourth-order valence-corrected chi connectivity index (χ4v) is 4.87. The number of nitrogens with zero attached hydrogens (tertiary/aromatic N) is 1. The number of rotatable bonds is 9. The minimum atomic E-state index is -0.201. The van der Waals surface area contributed by atoms with Gasteiger partial charge in [-0.2, -0.15) is 0 Å². The van der Waals surface area contributed by atoms with Crippen molar-refractivity contribution in [3.05, 3.63) is 92.9 Å². The maximum absolute atomic E-state index is 13.5. The number of aromatic nitrogens is 1. The van der Waals surface area contributed by atoms with Crippen LogP contribution in [0.4, 0.5) is 5.69 Å². The van der Waals surface area contributed by atoms with Crippen LogP contribution in [0, 0.1) is 20.8 Å². The monoisotopic (exact) mass is 489 g/mol. The summed E-state index contributed by atoms with van der Waals surface area (Å²) in [6.07, 6.45) is 9.67. The van der Waals surface area contributed by atoms with Crippen LogP contribution in [0.25, 0.3) is 5.57 Å². The maximum Gasteiger partial charge on any atom is 0.253 e. The van der Waals surface area contributed by atoms with Gasteiger partial charge in [-0.1, -0.05) is 30.9 Å². The fraction of sp³-hybridized carbons (Fsp3) is 0.400. The van der Waals surface area contributed by atoms with E-state index in [1.54, 1.807) is 0 Å². The molecule has 0 atom stereocenters. The van der Waals surface area contributed by atoms with E-state index < -0.39 is 0 Å². The number of benzene rings is 1. The van der Waals surface area contributed by atoms with Crippen molar-refractivity contribution >= 4 is 17.2 Å². The van der Waals surface area contributed by atoms with Gasteiger partial charge in [0.05, 0.1) is 0 Å². The zero-order chi connectivity index (χ0) is 26.2. The van der Waals surface area contributed by atoms with Crippen LogP contribution >= 0.6 is 0 Å². The van der Waals surface area contributed by atoms with Crippen molar-refractivity contribution in [2.24, 2.45) is 0 Å². The molecule has 1 amide bonds. The van der Waals surface area contributed by atoms with Crippen molar-refractivity contribution in [3.8, 4) is 0 Å². The molecular formula is C30H39N3O3. The number of carbonyl (C=O) groups is 1. The van der Waals surface area contributed by atoms with Crippen LogP contribution in [0.1, 0.15) is 65.0 Å². The standard InChI is InChI=1S/C30H39N3O3/c1-7-10-11-23(8-2)24-17-26(29(34)31-19-27-20(4)16-21(5)32-30(27)35)22(6)28(18-24)33(9-3)25-12-14-36-15-13-25/h7-8,10-11,16-18,25H,2,9,12-15,19H2,1,3-6H3,(H,31,34)(H,32,35)/b10-7-,23-11+. The second kappa shape index (κ2) is 12.5. The number of allylic oxidation sites excluding steroid dienone is 5. The number of ether oxygens (including phenoxy) is 1. The highest BCUT2D eigenvalue weighted by molar-refractivity contribution is 5.98. The number of aromatic amines is 1. The van der Waals surface area contributed by atoms with Crippen molar-refractivity contribution in [2.45, 2.75) is 60.0 Å². The van der Waals surface area contributed by atoms with Gasteiger partial charge in [0.1, 0.15) is 0 Å². The number of H-pyrrole nitrogens is 1. The minimum Gasteiger partial charge on any atom is -0.381 e. The largest absolute Gasteiger partial charge is 0.381 e. The lowest BCUT2D eigenvalue weighted by molar-refractivity contribution is 0.0845. The number of pyridine rings is 1. The summed E-state index contributed by atoms with van der Waals surface area (Å²) in [4.78, 5) is 31.2. The van der Waals surface area contributed by atoms with Crippen LogP contribution in [0.3, 0.4) is 0 Å². The summed E-state index contributed by atoms with van der Waals surface area (Å²) in [5, 5.41) is 2.99. The van der Waals surface area contributed by atoms with E-state index in [9.17, 15) is 9.59 Å². The van der Waals surface area contributed by atoms with Crippen molar-refractivity contribution in [3.63, 3.8) is 0 Å². The van der Waals surface area contributed by atoms with Crippen LogP contribution in [-0.2, 0) is 11.3 Å². The Labute approximate surface area is 214 Å². The van der Waals surface area contributed by atoms with Gasteiger partial charge in [-0.25, -0.2) is 0 Å². The molecule has 2 aromatic rings. The van der Waals surface area contributed by atoms with Crippen molar-refractivity contribution in [1.29, 1.82) is 0 Å². The van der Waals surface area contributed by atoms with Gasteiger partial charge in [0.2, 0.25) is 0 Å². The molecular weight excluding hydrogens is 450 g/mol. The molecule has 1 aromatic heterocycles. The molecule has 1 aromatic carbocycles. The van der Waals surface area contributed by atoms with E-state index in [1.807, 2.05) is 64.1 Å². The van der Waals surface area contributed by atoms with Gasteiger partial charge >= 0.3 is 0 Å². The van der Waals surface area contributed by atoms with Crippen LogP contribution in [0.2, 0.25) is 0 Å². The molecule has 6 nitrogen and oxygen atoms in total. The molecule has 1 saturated heterocycles. The summed E-state index contributed by atoms with van der Waals surface area (Å²) in [5.74, 6) is -0.201. The highest BCUT2D eigenvalue weighted by Crippen LogP contribution is 2.32. The molecule has 0 aliphatic carbocycles. The number of amides is 1. The first-order chi connectivity index (χ1) is 17.3. The molecule has 0 bridgehead atoms. The van der Waals surface area contributed by atoms with Gasteiger partial charge in [0.25, 0.3) is 11.5 Å². The van der Waals surface area contributed by atoms with Gasteiger partial charge in [-0.05, 0) is 87.9 Å². The predicted octanol–water partition coefficient (Wildman–Crippen LogP) is 5.38. The summed E-state index contributed by atoms with van der Waals surface area (Å²) in [6, 6.07) is 6.36. The van der Waals surface area contributed by atoms with Gasteiger partial charge in [0.15, 0.2) is 0 Å². The van der Waals surface area contributed by atoms with E-state index in [-0.39, 0.29) is 18.0 Å². The molecule has 1 aliphatic heterocycles. The molecule has 0 radical (unpaired) electrons. The van der Waals surface area contributed by atoms with Crippen LogP contribution < -0.4 is 15.8 Å². The lowest BCUT2D eigenvalue weighted by Crippen LogP contribution is -2.40. The van der Waals surface area contributed by atoms with E-state index in [1.165, 1.54) is 0 Å². The topological polar surface area (TPSA) is 74.4 Å². The lowest BCUT2D eigenvalue weighted by atomic mass is 9.94. The first kappa shape index (κ1) is 27.2. The normalized spacial score (nSPS) is 14.8. The van der Waals surface area contributed by atoms with Crippen molar-refractivity contribution in [2.75, 3.05) is 24.7 Å². The van der Waals surface area contributed by atoms with Crippen molar-refractivity contribution in [1.82, 2.24) is 10.3 Å². The second-order valence-electron chi connectivity index (χ2n) is 9.28. The molecule has 2 heterocycles. The number of hydrogen-bond acceptors (Lipinski definition) is 4. The molecule has 0 saturated carbocycles. The Morgan fingerprint density at radius 2 is 1.94 bits per heavy atom. The smallest absolute Gasteiger partial charge is 0.253 e. The highest BCUT2D eigenvalue weighted by Gasteiger charge is 2.25. The van der Waals surface area contributed by atoms with E-state index in [4.69, 9.17) is 4.74 Å². The number of anilines is 1. The first-order valence-electron chi connectivity index (χ1n) is 12.7. The second-order valence-corrected chi connectivity index (χ2v) is 9.28. The number of hydrogen-bond donors (Lipinski definition) is 2. The van der Waals surface area contributed by atoms with Crippen LogP contribution in [0.15, 0.2) is 53.9 Å². The predicted molar refractivity (Wildman–Crippen MR) is 149 cm³/mol. The lowest BCUT2D eigenvalue weighted by Gasteiger charge is -2.37. The van der Waals surface area contributed by atoms with Crippen LogP contribution in [0.5, 0.6) is 0 Å². The average molecular weight is 490 g/mol. The fourth-order valence-electron chi connectivity index (χ4n) is 4.87. The Hall–Kier alpha value is -3.38. The Kier molecular flexibility index (Phi) is 9.48. The van der Waals surface area contributed by atoms with E-state index in [2.05, 4.69) is 34.8 Å². The van der Waals surface area contributed by atoms with E-state index in [0.717, 1.165) is 66.2 Å². The molecule has 6 heteroatoms. The van der Waals surface area contributed by atoms with Gasteiger partial charge < -0.3 is 19.9 Å². The third-order valence-corrected chi connectivity index (χ3v) is 6.85. The molecule has 1 fully saturated rings. The average Bonchev–Trinajstić information content (AvgIpc) is 2.86. The summed E-state index contributed by atoms with van der Waals surface area (Å²) in [5.41, 5.74) is 6.52. The molecule has 0 unspecified atom stereocenters. The summed E-state index contributed by atoms with van der Waals surface area (Å²) in [6.45, 7) is 16.4. The third-order valence-electron chi connectivity index (χ3n) is 6.85. The Balaban J connectivity index is 2.05. The van der Waals surface area contributed by atoms with Crippen molar-refractivity contribution < 1.29 is 9.53 Å². The number of nitrogens with one attached hydrogen (secondary N) is 2. The van der Waals surface area contributed by atoms with Gasteiger partial charge in [-0.15, -0.1) is 0 Å². The zero-order valence-corrected chi connectivity index (χ0v) is 22.2. The maximum atomic E-state index is 13.5. The summed E-state index contributed by atoms with van der Waals surface area (Å²) >= 11 is 0. The Morgan fingerprint density at radius 1 is 1.22 bits per heavy atom. The SMILES string of the molecule is C=C/C(=C\C=C/C)c1cc(C(=O)NCc2c(C)cc(C)[nH]c2=O)c(C)c(N(CC)C2CCOCC2)c1. The Bertz CT molecular complexity index is 1220. The molecule has 1 aliphatic rings. The van der Waals surface area contributed by atoms with Gasteiger partial charge in [0, 0.05) is 54.9 Å². The molecule has 192 valence electrons. The molecule has 3 rings (SSSR count). The molecule has 0 spiro atoms. The van der Waals surface area contributed by atoms with E-state index in [0.29, 0.717) is 17.2 Å².